The zero-order chi connectivity index (χ0) is 19.5. The SMILES string of the molecule is CNC(=O)Nc1cc2c(cc1F)[C@@](C)(OC(=O)N(C=O)CC(=O)O)CC2. The maximum Gasteiger partial charge on any atom is 0.417 e. The van der Waals surface area contributed by atoms with Gasteiger partial charge in [0.15, 0.2) is 0 Å². The second kappa shape index (κ2) is 7.38. The number of amides is 4. The summed E-state index contributed by atoms with van der Waals surface area (Å²) in [5.41, 5.74) is -0.173. The molecule has 26 heavy (non-hydrogen) atoms. The fourth-order valence-corrected chi connectivity index (χ4v) is 2.75. The van der Waals surface area contributed by atoms with E-state index >= 15 is 0 Å². The monoisotopic (exact) mass is 367 g/mol. The van der Waals surface area contributed by atoms with Crippen LogP contribution < -0.4 is 10.6 Å². The molecule has 0 radical (unpaired) electrons. The van der Waals surface area contributed by atoms with Gasteiger partial charge >= 0.3 is 18.1 Å². The molecule has 1 aliphatic carbocycles. The number of aryl methyl sites for hydroxylation is 1. The summed E-state index contributed by atoms with van der Waals surface area (Å²) in [7, 11) is 1.40. The van der Waals surface area contributed by atoms with E-state index in [0.29, 0.717) is 28.9 Å². The van der Waals surface area contributed by atoms with E-state index < -0.39 is 36.1 Å². The number of carbonyl (C=O) groups is 4. The van der Waals surface area contributed by atoms with Crippen LogP contribution in [0.25, 0.3) is 0 Å². The molecule has 0 bridgehead atoms. The number of nitrogens with one attached hydrogen (secondary N) is 2. The van der Waals surface area contributed by atoms with Crippen LogP contribution in [0, 0.1) is 5.82 Å². The van der Waals surface area contributed by atoms with Crippen LogP contribution >= 0.6 is 0 Å². The van der Waals surface area contributed by atoms with E-state index in [4.69, 9.17) is 9.84 Å². The predicted octanol–water partition coefficient (Wildman–Crippen LogP) is 1.42. The van der Waals surface area contributed by atoms with E-state index in [2.05, 4.69) is 10.6 Å². The summed E-state index contributed by atoms with van der Waals surface area (Å²) in [6.45, 7) is 0.709. The molecule has 4 amide bonds. The summed E-state index contributed by atoms with van der Waals surface area (Å²) in [6, 6.07) is 2.03. The predicted molar refractivity (Wildman–Crippen MR) is 87.0 cm³/mol. The number of carboxylic acids is 1. The Bertz CT molecular complexity index is 769. The standard InChI is InChI=1S/C16H18FN3O6/c1-16(26-15(25)20(8-21)7-13(22)23)4-3-9-5-12(19-14(24)18-2)11(17)6-10(9)16/h5-6,8H,3-4,7H2,1-2H3,(H,22,23)(H2,18,19,24)/t16-/m0/s1. The van der Waals surface area contributed by atoms with Crippen molar-refractivity contribution in [2.75, 3.05) is 18.9 Å². The number of fused-ring (bicyclic) bond motifs is 1. The van der Waals surface area contributed by atoms with Crippen molar-refractivity contribution in [3.8, 4) is 0 Å². The van der Waals surface area contributed by atoms with Gasteiger partial charge in [-0.1, -0.05) is 0 Å². The van der Waals surface area contributed by atoms with E-state index in [9.17, 15) is 23.6 Å². The molecular weight excluding hydrogens is 349 g/mol. The third-order valence-electron chi connectivity index (χ3n) is 4.09. The van der Waals surface area contributed by atoms with E-state index in [1.165, 1.54) is 13.1 Å². The van der Waals surface area contributed by atoms with Crippen LogP contribution in [0.4, 0.5) is 19.7 Å². The van der Waals surface area contributed by atoms with E-state index in [-0.39, 0.29) is 12.1 Å². The lowest BCUT2D eigenvalue weighted by atomic mass is 9.97. The quantitative estimate of drug-likeness (QED) is 0.676. The van der Waals surface area contributed by atoms with Gasteiger partial charge in [0.25, 0.3) is 0 Å². The highest BCUT2D eigenvalue weighted by Crippen LogP contribution is 2.42. The molecule has 1 atom stereocenters. The van der Waals surface area contributed by atoms with Gasteiger partial charge in [0.2, 0.25) is 6.41 Å². The minimum absolute atomic E-state index is 0.0147. The average Bonchev–Trinajstić information content (AvgIpc) is 2.88. The first-order valence-corrected chi connectivity index (χ1v) is 7.68. The fourth-order valence-electron chi connectivity index (χ4n) is 2.75. The number of nitrogens with zero attached hydrogens (tertiary/aromatic N) is 1. The number of anilines is 1. The largest absolute Gasteiger partial charge is 0.480 e. The van der Waals surface area contributed by atoms with Gasteiger partial charge in [0.1, 0.15) is 18.0 Å². The lowest BCUT2D eigenvalue weighted by Crippen LogP contribution is -2.39. The summed E-state index contributed by atoms with van der Waals surface area (Å²) in [4.78, 5) is 45.4. The molecule has 0 unspecified atom stereocenters. The topological polar surface area (TPSA) is 125 Å². The number of halogens is 1. The molecular formula is C16H18FN3O6. The molecule has 0 heterocycles. The second-order valence-corrected chi connectivity index (χ2v) is 5.92. The number of urea groups is 1. The highest BCUT2D eigenvalue weighted by molar-refractivity contribution is 5.89. The van der Waals surface area contributed by atoms with Crippen LogP contribution in [-0.4, -0.2) is 48.1 Å². The molecule has 10 heteroatoms. The molecule has 3 N–H and O–H groups in total. The number of aliphatic carboxylic acids is 1. The number of ether oxygens (including phenoxy) is 1. The van der Waals surface area contributed by atoms with Crippen LogP contribution in [0.5, 0.6) is 0 Å². The van der Waals surface area contributed by atoms with E-state index in [1.807, 2.05) is 0 Å². The highest BCUT2D eigenvalue weighted by atomic mass is 19.1. The van der Waals surface area contributed by atoms with Gasteiger partial charge in [-0.05, 0) is 37.5 Å². The minimum Gasteiger partial charge on any atom is -0.480 e. The molecule has 0 aliphatic heterocycles. The smallest absolute Gasteiger partial charge is 0.417 e. The van der Waals surface area contributed by atoms with Gasteiger partial charge in [0.05, 0.1) is 5.69 Å². The number of benzene rings is 1. The Hall–Kier alpha value is -3.17. The van der Waals surface area contributed by atoms with Gasteiger partial charge in [-0.25, -0.2) is 18.9 Å². The van der Waals surface area contributed by atoms with Crippen molar-refractivity contribution in [2.45, 2.75) is 25.4 Å². The minimum atomic E-state index is -1.37. The van der Waals surface area contributed by atoms with Crippen molar-refractivity contribution < 1.29 is 33.4 Å². The Kier molecular flexibility index (Phi) is 5.44. The number of carboxylic acid groups (broad SMARTS) is 1. The zero-order valence-electron chi connectivity index (χ0n) is 14.2. The molecule has 0 spiro atoms. The fraction of sp³-hybridized carbons (Fsp3) is 0.375. The number of hydrogen-bond donors (Lipinski definition) is 3. The Morgan fingerprint density at radius 2 is 2.12 bits per heavy atom. The van der Waals surface area contributed by atoms with Gasteiger partial charge in [-0.2, -0.15) is 0 Å². The lowest BCUT2D eigenvalue weighted by molar-refractivity contribution is -0.140. The van der Waals surface area contributed by atoms with Gasteiger partial charge in [-0.15, -0.1) is 0 Å². The van der Waals surface area contributed by atoms with Crippen LogP contribution in [0.3, 0.4) is 0 Å². The van der Waals surface area contributed by atoms with Crippen LogP contribution in [0.1, 0.15) is 24.5 Å². The maximum atomic E-state index is 14.3. The van der Waals surface area contributed by atoms with Crippen molar-refractivity contribution in [2.24, 2.45) is 0 Å². The first kappa shape index (κ1) is 19.2. The second-order valence-electron chi connectivity index (χ2n) is 5.92. The van der Waals surface area contributed by atoms with E-state index in [1.54, 1.807) is 6.92 Å². The van der Waals surface area contributed by atoms with Crippen molar-refractivity contribution in [1.82, 2.24) is 10.2 Å². The number of rotatable bonds is 5. The van der Waals surface area contributed by atoms with Crippen molar-refractivity contribution in [3.05, 3.63) is 29.1 Å². The zero-order valence-corrected chi connectivity index (χ0v) is 14.2. The third kappa shape index (κ3) is 3.90. The average molecular weight is 367 g/mol. The first-order chi connectivity index (χ1) is 12.2. The summed E-state index contributed by atoms with van der Waals surface area (Å²) in [5, 5.41) is 13.4. The first-order valence-electron chi connectivity index (χ1n) is 7.68. The maximum absolute atomic E-state index is 14.3. The van der Waals surface area contributed by atoms with Gasteiger partial charge in [0, 0.05) is 12.6 Å². The van der Waals surface area contributed by atoms with Crippen LogP contribution in [0.2, 0.25) is 0 Å². The molecule has 1 aromatic carbocycles. The van der Waals surface area contributed by atoms with Gasteiger partial charge in [-0.3, -0.25) is 9.59 Å². The molecule has 0 saturated heterocycles. The molecule has 0 saturated carbocycles. The van der Waals surface area contributed by atoms with Crippen LogP contribution in [0.15, 0.2) is 12.1 Å². The third-order valence-corrected chi connectivity index (χ3v) is 4.09. The Labute approximate surface area is 148 Å². The summed E-state index contributed by atoms with van der Waals surface area (Å²) < 4.78 is 19.6. The highest BCUT2D eigenvalue weighted by Gasteiger charge is 2.40. The van der Waals surface area contributed by atoms with Crippen LogP contribution in [-0.2, 0) is 26.3 Å². The van der Waals surface area contributed by atoms with E-state index in [0.717, 1.165) is 6.07 Å². The molecule has 2 rings (SSSR count). The molecule has 0 fully saturated rings. The molecule has 1 aliphatic rings. The molecule has 0 aromatic heterocycles. The van der Waals surface area contributed by atoms with Crippen molar-refractivity contribution >= 4 is 30.2 Å². The summed E-state index contributed by atoms with van der Waals surface area (Å²) in [6.07, 6.45) is -0.309. The Morgan fingerprint density at radius 3 is 2.69 bits per heavy atom. The van der Waals surface area contributed by atoms with Crippen molar-refractivity contribution in [3.63, 3.8) is 0 Å². The summed E-state index contributed by atoms with van der Waals surface area (Å²) in [5.74, 6) is -2.09. The van der Waals surface area contributed by atoms with Gasteiger partial charge < -0.3 is 20.5 Å². The Morgan fingerprint density at radius 1 is 1.42 bits per heavy atom. The normalized spacial score (nSPS) is 17.8. The molecule has 140 valence electrons. The summed E-state index contributed by atoms with van der Waals surface area (Å²) >= 11 is 0. The van der Waals surface area contributed by atoms with Crippen molar-refractivity contribution in [1.29, 1.82) is 0 Å². The molecule has 1 aromatic rings. The number of imide groups is 1. The number of carbonyl (C=O) groups excluding carboxylic acids is 3. The Balaban J connectivity index is 2.25. The lowest BCUT2D eigenvalue weighted by Gasteiger charge is -2.28. The molecule has 9 nitrogen and oxygen atoms in total. The number of hydrogen-bond acceptors (Lipinski definition) is 5.